The van der Waals surface area contributed by atoms with Gasteiger partial charge in [-0.25, -0.2) is 4.98 Å². The van der Waals surface area contributed by atoms with E-state index in [9.17, 15) is 9.59 Å². The number of aryl methyl sites for hydroxylation is 2. The maximum absolute atomic E-state index is 12.8. The van der Waals surface area contributed by atoms with Gasteiger partial charge in [-0.2, -0.15) is 0 Å². The van der Waals surface area contributed by atoms with E-state index < -0.39 is 0 Å². The molecule has 142 valence electrons. The van der Waals surface area contributed by atoms with Gasteiger partial charge in [0.2, 0.25) is 0 Å². The monoisotopic (exact) mass is 367 g/mol. The van der Waals surface area contributed by atoms with Crippen LogP contribution in [0.1, 0.15) is 57.9 Å². The fourth-order valence-corrected chi connectivity index (χ4v) is 4.19. The van der Waals surface area contributed by atoms with Gasteiger partial charge in [-0.1, -0.05) is 6.07 Å². The lowest BCUT2D eigenvalue weighted by Gasteiger charge is -2.33. The minimum absolute atomic E-state index is 0.0252. The zero-order valence-corrected chi connectivity index (χ0v) is 15.7. The lowest BCUT2D eigenvalue weighted by atomic mass is 9.93. The smallest absolute Gasteiger partial charge is 0.255 e. The molecule has 6 nitrogen and oxygen atoms in total. The van der Waals surface area contributed by atoms with E-state index in [-0.39, 0.29) is 11.7 Å². The third-order valence-electron chi connectivity index (χ3n) is 5.51. The minimum atomic E-state index is -0.192. The number of nitrogens with zero attached hydrogens (tertiary/aromatic N) is 2. The Morgan fingerprint density at radius 3 is 3.04 bits per heavy atom. The summed E-state index contributed by atoms with van der Waals surface area (Å²) in [6.07, 6.45) is 5.99. The number of hydrogen-bond acceptors (Lipinski definition) is 5. The van der Waals surface area contributed by atoms with Crippen molar-refractivity contribution < 1.29 is 14.0 Å². The van der Waals surface area contributed by atoms with E-state index >= 15 is 0 Å². The number of carbonyl (C=O) groups is 2. The van der Waals surface area contributed by atoms with Crippen LogP contribution in [0.4, 0.5) is 5.82 Å². The van der Waals surface area contributed by atoms with Crippen molar-refractivity contribution in [3.8, 4) is 0 Å². The fraction of sp³-hybridized carbons (Fsp3) is 0.476. The van der Waals surface area contributed by atoms with Crippen LogP contribution in [0.15, 0.2) is 28.8 Å². The predicted octanol–water partition coefficient (Wildman–Crippen LogP) is 3.15. The molecule has 1 atom stereocenters. The Hall–Kier alpha value is -2.63. The molecule has 0 aromatic carbocycles. The summed E-state index contributed by atoms with van der Waals surface area (Å²) < 4.78 is 5.70. The molecule has 1 N–H and O–H groups in total. The Balaban J connectivity index is 1.41. The molecule has 1 amide bonds. The number of carbonyl (C=O) groups excluding carboxylic acids is 2. The zero-order valence-electron chi connectivity index (χ0n) is 15.7. The van der Waals surface area contributed by atoms with E-state index in [1.165, 1.54) is 0 Å². The molecule has 0 bridgehead atoms. The lowest BCUT2D eigenvalue weighted by molar-refractivity contribution is 0.0922. The standard InChI is InChI=1S/C21H25N3O3/c1-14-19(20-16(25)7-4-8-17(20)27-14)21(26)23-12-15-6-5-11-24(13-15)18-9-2-3-10-22-18/h2-3,9-10,15H,4-8,11-13H2,1H3,(H,23,26). The first kappa shape index (κ1) is 17.8. The van der Waals surface area contributed by atoms with Gasteiger partial charge >= 0.3 is 0 Å². The maximum Gasteiger partial charge on any atom is 0.255 e. The van der Waals surface area contributed by atoms with Gasteiger partial charge < -0.3 is 14.6 Å². The molecule has 1 aliphatic heterocycles. The van der Waals surface area contributed by atoms with Gasteiger partial charge in [-0.15, -0.1) is 0 Å². The number of pyridine rings is 1. The summed E-state index contributed by atoms with van der Waals surface area (Å²) in [4.78, 5) is 31.8. The molecule has 27 heavy (non-hydrogen) atoms. The van der Waals surface area contributed by atoms with Crippen LogP contribution in [0.25, 0.3) is 0 Å². The number of rotatable bonds is 4. The molecule has 0 radical (unpaired) electrons. The summed E-state index contributed by atoms with van der Waals surface area (Å²) in [6, 6.07) is 5.93. The summed E-state index contributed by atoms with van der Waals surface area (Å²) in [7, 11) is 0. The van der Waals surface area contributed by atoms with Gasteiger partial charge in [-0.05, 0) is 44.2 Å². The van der Waals surface area contributed by atoms with Crippen molar-refractivity contribution in [3.05, 3.63) is 47.0 Å². The maximum atomic E-state index is 12.8. The Morgan fingerprint density at radius 1 is 1.33 bits per heavy atom. The first-order valence-electron chi connectivity index (χ1n) is 9.73. The Bertz CT molecular complexity index is 844. The number of fused-ring (bicyclic) bond motifs is 1. The van der Waals surface area contributed by atoms with Crippen molar-refractivity contribution in [1.82, 2.24) is 10.3 Å². The average molecular weight is 367 g/mol. The number of hydrogen-bond donors (Lipinski definition) is 1. The topological polar surface area (TPSA) is 75.4 Å². The van der Waals surface area contributed by atoms with Crippen LogP contribution in [-0.2, 0) is 6.42 Å². The molecule has 2 aliphatic rings. The van der Waals surface area contributed by atoms with E-state index in [1.807, 2.05) is 24.4 Å². The molecule has 1 saturated heterocycles. The molecule has 1 unspecified atom stereocenters. The van der Waals surface area contributed by atoms with E-state index in [0.29, 0.717) is 41.5 Å². The van der Waals surface area contributed by atoms with Crippen molar-refractivity contribution in [3.63, 3.8) is 0 Å². The number of furan rings is 1. The van der Waals surface area contributed by atoms with Crippen LogP contribution in [-0.4, -0.2) is 36.3 Å². The van der Waals surface area contributed by atoms with Gasteiger partial charge in [0.25, 0.3) is 5.91 Å². The zero-order chi connectivity index (χ0) is 18.8. The summed E-state index contributed by atoms with van der Waals surface area (Å²) in [5.41, 5.74) is 0.946. The van der Waals surface area contributed by atoms with Gasteiger partial charge in [-0.3, -0.25) is 9.59 Å². The highest BCUT2D eigenvalue weighted by Gasteiger charge is 2.31. The van der Waals surface area contributed by atoms with E-state index in [4.69, 9.17) is 4.42 Å². The second-order valence-corrected chi connectivity index (χ2v) is 7.46. The molecule has 2 aromatic heterocycles. The lowest BCUT2D eigenvalue weighted by Crippen LogP contribution is -2.41. The highest BCUT2D eigenvalue weighted by Crippen LogP contribution is 2.29. The molecule has 3 heterocycles. The quantitative estimate of drug-likeness (QED) is 0.898. The van der Waals surface area contributed by atoms with Crippen LogP contribution in [0.2, 0.25) is 0 Å². The van der Waals surface area contributed by atoms with E-state index in [2.05, 4.69) is 15.2 Å². The summed E-state index contributed by atoms with van der Waals surface area (Å²) in [5, 5.41) is 3.04. The van der Waals surface area contributed by atoms with Crippen LogP contribution < -0.4 is 10.2 Å². The summed E-state index contributed by atoms with van der Waals surface area (Å²) in [5.74, 6) is 2.40. The number of anilines is 1. The van der Waals surface area contributed by atoms with Crippen LogP contribution in [0.3, 0.4) is 0 Å². The molecule has 0 saturated carbocycles. The van der Waals surface area contributed by atoms with Crippen molar-refractivity contribution in [1.29, 1.82) is 0 Å². The third-order valence-corrected chi connectivity index (χ3v) is 5.51. The van der Waals surface area contributed by atoms with E-state index in [0.717, 1.165) is 44.6 Å². The SMILES string of the molecule is Cc1oc2c(c1C(=O)NCC1CCCN(c3ccccn3)C1)C(=O)CCC2. The summed E-state index contributed by atoms with van der Waals surface area (Å²) in [6.45, 7) is 4.22. The number of amides is 1. The van der Waals surface area contributed by atoms with Crippen molar-refractivity contribution in [2.75, 3.05) is 24.5 Å². The third kappa shape index (κ3) is 3.61. The van der Waals surface area contributed by atoms with Crippen LogP contribution in [0, 0.1) is 12.8 Å². The number of Topliss-reactive ketones (excluding diaryl/α,β-unsaturated/α-hetero) is 1. The molecule has 1 fully saturated rings. The highest BCUT2D eigenvalue weighted by molar-refractivity contribution is 6.10. The van der Waals surface area contributed by atoms with Gasteiger partial charge in [0.05, 0.1) is 11.1 Å². The second kappa shape index (κ2) is 7.55. The van der Waals surface area contributed by atoms with Crippen LogP contribution >= 0.6 is 0 Å². The van der Waals surface area contributed by atoms with Gasteiger partial charge in [0, 0.05) is 38.7 Å². The second-order valence-electron chi connectivity index (χ2n) is 7.46. The van der Waals surface area contributed by atoms with Gasteiger partial charge in [0.15, 0.2) is 5.78 Å². The normalized spacial score (nSPS) is 19.7. The van der Waals surface area contributed by atoms with Crippen LogP contribution in [0.5, 0.6) is 0 Å². The fourth-order valence-electron chi connectivity index (χ4n) is 4.19. The first-order valence-corrected chi connectivity index (χ1v) is 9.73. The van der Waals surface area contributed by atoms with Crippen molar-refractivity contribution >= 4 is 17.5 Å². The molecule has 0 spiro atoms. The molecule has 4 rings (SSSR count). The molecule has 6 heteroatoms. The molecular weight excluding hydrogens is 342 g/mol. The number of aromatic nitrogens is 1. The van der Waals surface area contributed by atoms with Crippen molar-refractivity contribution in [2.45, 2.75) is 39.0 Å². The predicted molar refractivity (Wildman–Crippen MR) is 102 cm³/mol. The highest BCUT2D eigenvalue weighted by atomic mass is 16.3. The number of piperidine rings is 1. The number of ketones is 1. The summed E-state index contributed by atoms with van der Waals surface area (Å²) >= 11 is 0. The number of nitrogens with one attached hydrogen (secondary N) is 1. The molecule has 1 aliphatic carbocycles. The molecule has 2 aromatic rings. The Labute approximate surface area is 159 Å². The van der Waals surface area contributed by atoms with Gasteiger partial charge in [0.1, 0.15) is 17.3 Å². The Morgan fingerprint density at radius 2 is 2.22 bits per heavy atom. The Kier molecular flexibility index (Phi) is 4.97. The average Bonchev–Trinajstić information content (AvgIpc) is 3.04. The first-order chi connectivity index (χ1) is 13.1. The minimum Gasteiger partial charge on any atom is -0.465 e. The molecular formula is C21H25N3O3. The van der Waals surface area contributed by atoms with E-state index in [1.54, 1.807) is 6.92 Å². The van der Waals surface area contributed by atoms with Crippen molar-refractivity contribution in [2.24, 2.45) is 5.92 Å². The largest absolute Gasteiger partial charge is 0.465 e.